The molecule has 0 unspecified atom stereocenters. The monoisotopic (exact) mass is 160 g/mol. The minimum absolute atomic E-state index is 0. The zero-order valence-corrected chi connectivity index (χ0v) is 5.27. The van der Waals surface area contributed by atoms with E-state index in [4.69, 9.17) is 3.78 Å². The molecule has 0 saturated heterocycles. The molecule has 24 valence electrons. The van der Waals surface area contributed by atoms with E-state index in [2.05, 4.69) is 0 Å². The summed E-state index contributed by atoms with van der Waals surface area (Å²) in [5.74, 6) is 0. The van der Waals surface area contributed by atoms with Gasteiger partial charge in [-0.2, -0.15) is 0 Å². The Balaban J connectivity index is -0.00000000500. The van der Waals surface area contributed by atoms with Gasteiger partial charge in [-0.15, -0.1) is 0 Å². The molecule has 0 rings (SSSR count). The molecule has 0 fully saturated rings. The van der Waals surface area contributed by atoms with Gasteiger partial charge in [-0.1, -0.05) is 0 Å². The second-order valence-corrected chi connectivity index (χ2v) is 0. The van der Waals surface area contributed by atoms with E-state index in [1.54, 1.807) is 0 Å². The Bertz CT molecular complexity index is 6.00. The number of halogens is 2. The quantitative estimate of drug-likeness (QED) is 0.322. The Hall–Kier alpha value is 0.923. The molecule has 0 heterocycles. The Morgan fingerprint density at radius 3 is 1.00 bits per heavy atom. The van der Waals surface area contributed by atoms with E-state index in [9.17, 15) is 0 Å². The summed E-state index contributed by atoms with van der Waals surface area (Å²) in [7, 11) is 0. The summed E-state index contributed by atoms with van der Waals surface area (Å²) in [6.07, 6.45) is 0. The van der Waals surface area contributed by atoms with Gasteiger partial charge in [0.15, 0.2) is 0 Å². The van der Waals surface area contributed by atoms with Crippen LogP contribution in [0.5, 0.6) is 0 Å². The summed E-state index contributed by atoms with van der Waals surface area (Å²) in [6.45, 7) is 0. The first-order valence-electron chi connectivity index (χ1n) is 0.204. The molecule has 0 saturated carbocycles. The molecule has 4 heavy (non-hydrogen) atoms. The zero-order valence-electron chi connectivity index (χ0n) is 1.66. The van der Waals surface area contributed by atoms with E-state index in [0.717, 1.165) is 16.5 Å². The third-order valence-corrected chi connectivity index (χ3v) is 0. The molecule has 0 amide bonds. The summed E-state index contributed by atoms with van der Waals surface area (Å²) in [5.41, 5.74) is 0. The summed E-state index contributed by atoms with van der Waals surface area (Å²) in [6, 6.07) is 0. The molecule has 1 nitrogen and oxygen atoms in total. The van der Waals surface area contributed by atoms with Crippen LogP contribution in [-0.4, -0.2) is 16.5 Å². The molecule has 0 N–H and O–H groups in total. The maximum absolute atomic E-state index is 8.25. The molecule has 0 aromatic heterocycles. The van der Waals surface area contributed by atoms with Crippen molar-refractivity contribution in [3.05, 3.63) is 0 Å². The van der Waals surface area contributed by atoms with Crippen molar-refractivity contribution >= 4 is 16.5 Å². The molecule has 0 aliphatic heterocycles. The van der Waals surface area contributed by atoms with Crippen molar-refractivity contribution in [3.8, 4) is 0 Å². The first-order valence-corrected chi connectivity index (χ1v) is 1.06. The van der Waals surface area contributed by atoms with Gasteiger partial charge in [0.05, 0.1) is 0 Å². The average Bonchev–Trinajstić information content (AvgIpc) is 1.00. The summed E-state index contributed by atoms with van der Waals surface area (Å²) >= 11 is 0.750. The second kappa shape index (κ2) is 39.4. The molecular weight excluding hydrogens is 160 g/mol. The van der Waals surface area contributed by atoms with E-state index < -0.39 is 0 Å². The van der Waals surface area contributed by atoms with E-state index >= 15 is 0 Å². The Kier molecular flexibility index (Phi) is 202. The number of rotatable bonds is 0. The van der Waals surface area contributed by atoms with Crippen molar-refractivity contribution in [2.24, 2.45) is 0 Å². The molecule has 0 radical (unpaired) electrons. The van der Waals surface area contributed by atoms with Gasteiger partial charge in [0, 0.05) is 0 Å². The molecular formula is Cl2GeO. The molecule has 0 aromatic rings. The molecule has 0 spiro atoms. The zero-order chi connectivity index (χ0) is 2.00. The Morgan fingerprint density at radius 2 is 1.00 bits per heavy atom. The van der Waals surface area contributed by atoms with Crippen LogP contribution in [-0.2, 0) is 3.78 Å². The molecule has 0 atom stereocenters. The van der Waals surface area contributed by atoms with Crippen LogP contribution in [0, 0.1) is 0 Å². The van der Waals surface area contributed by atoms with E-state index in [1.807, 2.05) is 0 Å². The van der Waals surface area contributed by atoms with Crippen LogP contribution in [0.15, 0.2) is 0 Å². The van der Waals surface area contributed by atoms with Gasteiger partial charge in [0.2, 0.25) is 0 Å². The fraction of sp³-hybridized carbons (Fsp3) is 0. The van der Waals surface area contributed by atoms with E-state index in [0.29, 0.717) is 0 Å². The van der Waals surface area contributed by atoms with Gasteiger partial charge >= 0.3 is 20.2 Å². The predicted molar refractivity (Wildman–Crippen MR) is 6.44 cm³/mol. The number of hydrogen-bond donors (Lipinski definition) is 0. The van der Waals surface area contributed by atoms with Crippen LogP contribution < -0.4 is 24.8 Å². The van der Waals surface area contributed by atoms with E-state index in [1.165, 1.54) is 0 Å². The average molecular weight is 160 g/mol. The third kappa shape index (κ3) is 12.7. The van der Waals surface area contributed by atoms with Crippen molar-refractivity contribution in [2.75, 3.05) is 0 Å². The van der Waals surface area contributed by atoms with Gasteiger partial charge in [0.1, 0.15) is 0 Å². The van der Waals surface area contributed by atoms with Crippen LogP contribution in [0.25, 0.3) is 0 Å². The molecule has 0 aliphatic carbocycles. The molecule has 4 heteroatoms. The number of hydrogen-bond acceptors (Lipinski definition) is 1. The molecule has 0 aromatic carbocycles. The van der Waals surface area contributed by atoms with Crippen molar-refractivity contribution < 1.29 is 28.6 Å². The van der Waals surface area contributed by atoms with Gasteiger partial charge in [-0.3, -0.25) is 0 Å². The van der Waals surface area contributed by atoms with Gasteiger partial charge in [-0.05, 0) is 0 Å². The summed E-state index contributed by atoms with van der Waals surface area (Å²) in [5, 5.41) is 0. The van der Waals surface area contributed by atoms with Crippen LogP contribution in [0.4, 0.5) is 0 Å². The first kappa shape index (κ1) is 20.5. The topological polar surface area (TPSA) is 17.1 Å². The Morgan fingerprint density at radius 1 is 1.00 bits per heavy atom. The maximum atomic E-state index is 8.25. The SMILES string of the molecule is [Cl-].[Cl-].[O]=[Ge+2]. The van der Waals surface area contributed by atoms with E-state index in [-0.39, 0.29) is 24.8 Å². The van der Waals surface area contributed by atoms with Crippen molar-refractivity contribution in [1.29, 1.82) is 0 Å². The predicted octanol–water partition coefficient (Wildman–Crippen LogP) is -6.49. The van der Waals surface area contributed by atoms with Crippen LogP contribution in [0.2, 0.25) is 0 Å². The van der Waals surface area contributed by atoms with Crippen molar-refractivity contribution in [2.45, 2.75) is 0 Å². The second-order valence-electron chi connectivity index (χ2n) is 0. The van der Waals surface area contributed by atoms with Crippen LogP contribution in [0.1, 0.15) is 0 Å². The standard InChI is InChI=1S/2ClH.GeO/c;;1-2/h2*1H;/q;;+2/p-2. The Labute approximate surface area is 45.4 Å². The third-order valence-electron chi connectivity index (χ3n) is 0. The normalized spacial score (nSPS) is 1.50. The molecule has 0 bridgehead atoms. The summed E-state index contributed by atoms with van der Waals surface area (Å²) < 4.78 is 8.25. The van der Waals surface area contributed by atoms with Crippen molar-refractivity contribution in [3.63, 3.8) is 0 Å². The van der Waals surface area contributed by atoms with Gasteiger partial charge < -0.3 is 24.8 Å². The van der Waals surface area contributed by atoms with Gasteiger partial charge in [0.25, 0.3) is 0 Å². The van der Waals surface area contributed by atoms with Gasteiger partial charge in [-0.25, -0.2) is 0 Å². The fourth-order valence-electron chi connectivity index (χ4n) is 0. The van der Waals surface area contributed by atoms with Crippen LogP contribution in [0.3, 0.4) is 0 Å². The minimum atomic E-state index is 0. The molecule has 0 aliphatic rings. The first-order chi connectivity index (χ1) is 1.00. The van der Waals surface area contributed by atoms with Crippen LogP contribution >= 0.6 is 0 Å². The summed E-state index contributed by atoms with van der Waals surface area (Å²) in [4.78, 5) is 0. The van der Waals surface area contributed by atoms with Crippen molar-refractivity contribution in [1.82, 2.24) is 0 Å². The fourth-order valence-corrected chi connectivity index (χ4v) is 0.